The van der Waals surface area contributed by atoms with Crippen LogP contribution in [0.2, 0.25) is 5.02 Å². The average molecular weight is 288 g/mol. The number of halogens is 1. The van der Waals surface area contributed by atoms with Crippen LogP contribution < -0.4 is 5.32 Å². The smallest absolute Gasteiger partial charge is 0.323 e. The number of hydrogen-bond donors (Lipinski definition) is 1. The Bertz CT molecular complexity index is 387. The molecule has 1 aromatic carbocycles. The Labute approximate surface area is 117 Å². The largest absolute Gasteiger partial charge is 0.465 e. The first kappa shape index (κ1) is 15.3. The van der Waals surface area contributed by atoms with Crippen molar-refractivity contribution in [3.8, 4) is 0 Å². The normalized spacial score (nSPS) is 12.2. The van der Waals surface area contributed by atoms with E-state index in [1.54, 1.807) is 18.8 Å². The summed E-state index contributed by atoms with van der Waals surface area (Å²) >= 11 is 7.72. The lowest BCUT2D eigenvalue weighted by Gasteiger charge is -2.14. The average Bonchev–Trinajstić information content (AvgIpc) is 2.37. The predicted octanol–water partition coefficient (Wildman–Crippen LogP) is 2.72. The van der Waals surface area contributed by atoms with Crippen molar-refractivity contribution in [3.63, 3.8) is 0 Å². The molecule has 1 N–H and O–H groups in total. The molecule has 0 aliphatic heterocycles. The molecule has 1 rings (SSSR count). The molecule has 0 aliphatic rings. The Kier molecular flexibility index (Phi) is 7.16. The summed E-state index contributed by atoms with van der Waals surface area (Å²) in [5, 5.41) is 3.73. The van der Waals surface area contributed by atoms with Crippen molar-refractivity contribution >= 4 is 29.3 Å². The summed E-state index contributed by atoms with van der Waals surface area (Å²) in [6.07, 6.45) is 0. The highest BCUT2D eigenvalue weighted by atomic mass is 35.5. The molecular weight excluding hydrogens is 270 g/mol. The minimum absolute atomic E-state index is 0.202. The van der Waals surface area contributed by atoms with E-state index in [0.717, 1.165) is 16.3 Å². The van der Waals surface area contributed by atoms with E-state index < -0.39 is 0 Å². The van der Waals surface area contributed by atoms with Crippen LogP contribution in [0.3, 0.4) is 0 Å². The number of carbonyl (C=O) groups is 1. The SMILES string of the molecule is CCOC(=O)C(CSCc1ccccc1Cl)NC. The van der Waals surface area contributed by atoms with Gasteiger partial charge in [0.2, 0.25) is 0 Å². The molecule has 0 spiro atoms. The van der Waals surface area contributed by atoms with Gasteiger partial charge in [-0.15, -0.1) is 0 Å². The molecule has 1 aromatic rings. The Morgan fingerprint density at radius 2 is 2.22 bits per heavy atom. The second-order valence-electron chi connectivity index (χ2n) is 3.70. The molecule has 0 radical (unpaired) electrons. The quantitative estimate of drug-likeness (QED) is 0.783. The monoisotopic (exact) mass is 287 g/mol. The zero-order valence-corrected chi connectivity index (χ0v) is 12.2. The van der Waals surface area contributed by atoms with Gasteiger partial charge < -0.3 is 10.1 Å². The van der Waals surface area contributed by atoms with E-state index in [1.165, 1.54) is 0 Å². The zero-order chi connectivity index (χ0) is 13.4. The molecule has 100 valence electrons. The van der Waals surface area contributed by atoms with E-state index in [4.69, 9.17) is 16.3 Å². The molecule has 5 heteroatoms. The Morgan fingerprint density at radius 1 is 1.50 bits per heavy atom. The van der Waals surface area contributed by atoms with Crippen LogP contribution in [0.5, 0.6) is 0 Å². The van der Waals surface area contributed by atoms with Crippen molar-refractivity contribution in [3.05, 3.63) is 34.9 Å². The summed E-state index contributed by atoms with van der Waals surface area (Å²) in [5.41, 5.74) is 1.09. The fraction of sp³-hybridized carbons (Fsp3) is 0.462. The number of carbonyl (C=O) groups excluding carboxylic acids is 1. The number of nitrogens with one attached hydrogen (secondary N) is 1. The lowest BCUT2D eigenvalue weighted by atomic mass is 10.2. The zero-order valence-electron chi connectivity index (χ0n) is 10.6. The molecular formula is C13H18ClNO2S. The molecule has 0 saturated heterocycles. The lowest BCUT2D eigenvalue weighted by molar-refractivity contribution is -0.144. The minimum Gasteiger partial charge on any atom is -0.465 e. The third kappa shape index (κ3) is 4.88. The van der Waals surface area contributed by atoms with Gasteiger partial charge in [0, 0.05) is 16.5 Å². The fourth-order valence-electron chi connectivity index (χ4n) is 1.41. The number of esters is 1. The first-order valence-corrected chi connectivity index (χ1v) is 7.37. The number of rotatable bonds is 7. The summed E-state index contributed by atoms with van der Waals surface area (Å²) < 4.78 is 4.98. The number of thioether (sulfide) groups is 1. The Morgan fingerprint density at radius 3 is 2.83 bits per heavy atom. The van der Waals surface area contributed by atoms with Crippen LogP contribution in [-0.4, -0.2) is 31.4 Å². The summed E-state index contributed by atoms with van der Waals surface area (Å²) in [7, 11) is 1.76. The molecule has 0 saturated carbocycles. The highest BCUT2D eigenvalue weighted by Gasteiger charge is 2.17. The van der Waals surface area contributed by atoms with Crippen molar-refractivity contribution in [2.45, 2.75) is 18.7 Å². The molecule has 0 fully saturated rings. The third-order valence-corrected chi connectivity index (χ3v) is 3.87. The summed E-state index contributed by atoms with van der Waals surface area (Å²) in [6, 6.07) is 7.47. The molecule has 0 aromatic heterocycles. The number of ether oxygens (including phenoxy) is 1. The Hall–Kier alpha value is -0.710. The summed E-state index contributed by atoms with van der Waals surface area (Å²) in [4.78, 5) is 11.6. The number of hydrogen-bond acceptors (Lipinski definition) is 4. The highest BCUT2D eigenvalue weighted by molar-refractivity contribution is 7.98. The van der Waals surface area contributed by atoms with Crippen molar-refractivity contribution in [1.82, 2.24) is 5.32 Å². The molecule has 0 heterocycles. The van der Waals surface area contributed by atoms with Gasteiger partial charge in [-0.3, -0.25) is 4.79 Å². The topological polar surface area (TPSA) is 38.3 Å². The predicted molar refractivity (Wildman–Crippen MR) is 77.1 cm³/mol. The third-order valence-electron chi connectivity index (χ3n) is 2.42. The van der Waals surface area contributed by atoms with Crippen molar-refractivity contribution < 1.29 is 9.53 Å². The fourth-order valence-corrected chi connectivity index (χ4v) is 2.82. The molecule has 18 heavy (non-hydrogen) atoms. The van der Waals surface area contributed by atoms with E-state index in [1.807, 2.05) is 31.2 Å². The van der Waals surface area contributed by atoms with E-state index in [0.29, 0.717) is 12.4 Å². The van der Waals surface area contributed by atoms with Crippen molar-refractivity contribution in [2.75, 3.05) is 19.4 Å². The number of likely N-dealkylation sites (N-methyl/N-ethyl adjacent to an activating group) is 1. The maximum Gasteiger partial charge on any atom is 0.323 e. The second-order valence-corrected chi connectivity index (χ2v) is 5.14. The van der Waals surface area contributed by atoms with Crippen molar-refractivity contribution in [2.24, 2.45) is 0 Å². The summed E-state index contributed by atoms with van der Waals surface area (Å²) in [6.45, 7) is 2.22. The van der Waals surface area contributed by atoms with Gasteiger partial charge in [0.25, 0.3) is 0 Å². The molecule has 3 nitrogen and oxygen atoms in total. The van der Waals surface area contributed by atoms with Gasteiger partial charge in [0.1, 0.15) is 6.04 Å². The van der Waals surface area contributed by atoms with Gasteiger partial charge in [-0.2, -0.15) is 11.8 Å². The lowest BCUT2D eigenvalue weighted by Crippen LogP contribution is -2.37. The van der Waals surface area contributed by atoms with E-state index in [-0.39, 0.29) is 12.0 Å². The van der Waals surface area contributed by atoms with Gasteiger partial charge in [0.15, 0.2) is 0 Å². The standard InChI is InChI=1S/C13H18ClNO2S/c1-3-17-13(16)12(15-2)9-18-8-10-6-4-5-7-11(10)14/h4-7,12,15H,3,8-9H2,1-2H3. The van der Waals surface area contributed by atoms with Gasteiger partial charge >= 0.3 is 5.97 Å². The first-order chi connectivity index (χ1) is 8.69. The maximum atomic E-state index is 11.6. The molecule has 1 atom stereocenters. The van der Waals surface area contributed by atoms with Crippen LogP contribution in [-0.2, 0) is 15.3 Å². The second kappa shape index (κ2) is 8.40. The van der Waals surface area contributed by atoms with Crippen molar-refractivity contribution in [1.29, 1.82) is 0 Å². The van der Waals surface area contributed by atoms with E-state index in [2.05, 4.69) is 5.32 Å². The molecule has 0 aliphatic carbocycles. The van der Waals surface area contributed by atoms with Gasteiger partial charge in [-0.25, -0.2) is 0 Å². The number of benzene rings is 1. The Balaban J connectivity index is 2.40. The molecule has 1 unspecified atom stereocenters. The van der Waals surface area contributed by atoms with Gasteiger partial charge in [-0.1, -0.05) is 29.8 Å². The van der Waals surface area contributed by atoms with E-state index in [9.17, 15) is 4.79 Å². The van der Waals surface area contributed by atoms with Crippen LogP contribution in [0.15, 0.2) is 24.3 Å². The molecule has 0 bridgehead atoms. The molecule has 0 amide bonds. The highest BCUT2D eigenvalue weighted by Crippen LogP contribution is 2.21. The van der Waals surface area contributed by atoms with Gasteiger partial charge in [-0.05, 0) is 25.6 Å². The van der Waals surface area contributed by atoms with Crippen LogP contribution >= 0.6 is 23.4 Å². The summed E-state index contributed by atoms with van der Waals surface area (Å²) in [5.74, 6) is 1.25. The van der Waals surface area contributed by atoms with E-state index >= 15 is 0 Å². The van der Waals surface area contributed by atoms with Crippen LogP contribution in [0.1, 0.15) is 12.5 Å². The minimum atomic E-state index is -0.266. The first-order valence-electron chi connectivity index (χ1n) is 5.84. The van der Waals surface area contributed by atoms with Crippen LogP contribution in [0.25, 0.3) is 0 Å². The van der Waals surface area contributed by atoms with Crippen LogP contribution in [0.4, 0.5) is 0 Å². The maximum absolute atomic E-state index is 11.6. The van der Waals surface area contributed by atoms with Crippen LogP contribution in [0, 0.1) is 0 Å². The van der Waals surface area contributed by atoms with Gasteiger partial charge in [0.05, 0.1) is 6.61 Å².